The smallest absolute Gasteiger partial charge is 0.262 e. The van der Waals surface area contributed by atoms with Gasteiger partial charge in [-0.3, -0.25) is 9.69 Å². The molecule has 3 aromatic rings. The summed E-state index contributed by atoms with van der Waals surface area (Å²) >= 11 is 21.1. The molecule has 10 heteroatoms. The van der Waals surface area contributed by atoms with E-state index in [1.807, 2.05) is 19.0 Å². The van der Waals surface area contributed by atoms with E-state index >= 15 is 0 Å². The number of ether oxygens (including phenoxy) is 1. The standard InChI is InChI=1S/C17H16Cl3N3O2S2/c1-22(2)6-7-23(16(24)9-8-12(19)26-15(9)20)17-21-13-11(25-3)5-4-10(18)14(13)27-17/h4-5,8H,6-7H2,1-3H3. The number of nitrogens with zero attached hydrogens (tertiary/aromatic N) is 3. The van der Waals surface area contributed by atoms with Crippen molar-refractivity contribution in [1.29, 1.82) is 0 Å². The lowest BCUT2D eigenvalue weighted by Crippen LogP contribution is -2.36. The zero-order valence-corrected chi connectivity index (χ0v) is 18.7. The molecule has 27 heavy (non-hydrogen) atoms. The van der Waals surface area contributed by atoms with Crippen molar-refractivity contribution < 1.29 is 9.53 Å². The first-order valence-corrected chi connectivity index (χ1v) is 10.6. The van der Waals surface area contributed by atoms with Crippen molar-refractivity contribution in [3.05, 3.63) is 37.5 Å². The molecule has 0 atom stereocenters. The van der Waals surface area contributed by atoms with Crippen LogP contribution in [0.2, 0.25) is 13.7 Å². The Hall–Kier alpha value is -1.09. The van der Waals surface area contributed by atoms with E-state index in [2.05, 4.69) is 4.98 Å². The lowest BCUT2D eigenvalue weighted by molar-refractivity contribution is 0.0986. The van der Waals surface area contributed by atoms with Gasteiger partial charge in [-0.1, -0.05) is 46.1 Å². The molecule has 2 aromatic heterocycles. The van der Waals surface area contributed by atoms with E-state index in [9.17, 15) is 4.79 Å². The number of amides is 1. The lowest BCUT2D eigenvalue weighted by Gasteiger charge is -2.21. The second-order valence-electron chi connectivity index (χ2n) is 5.92. The van der Waals surface area contributed by atoms with Crippen molar-refractivity contribution in [2.45, 2.75) is 0 Å². The van der Waals surface area contributed by atoms with Gasteiger partial charge in [-0.15, -0.1) is 11.3 Å². The third-order valence-electron chi connectivity index (χ3n) is 3.80. The molecule has 5 nitrogen and oxygen atoms in total. The van der Waals surface area contributed by atoms with Gasteiger partial charge >= 0.3 is 0 Å². The molecule has 0 aliphatic heterocycles. The molecule has 0 aliphatic rings. The van der Waals surface area contributed by atoms with Gasteiger partial charge < -0.3 is 9.64 Å². The third-order valence-corrected chi connectivity index (χ3v) is 6.83. The van der Waals surface area contributed by atoms with Crippen molar-refractivity contribution in [2.24, 2.45) is 0 Å². The monoisotopic (exact) mass is 463 g/mol. The van der Waals surface area contributed by atoms with E-state index < -0.39 is 0 Å². The van der Waals surface area contributed by atoms with Crippen LogP contribution in [0.5, 0.6) is 5.75 Å². The highest BCUT2D eigenvalue weighted by molar-refractivity contribution is 7.23. The fourth-order valence-electron chi connectivity index (χ4n) is 2.44. The molecule has 0 aliphatic carbocycles. The first kappa shape index (κ1) is 20.6. The SMILES string of the molecule is COc1ccc(Cl)c2sc(N(CCN(C)C)C(=O)c3cc(Cl)sc3Cl)nc12. The van der Waals surface area contributed by atoms with E-state index in [0.29, 0.717) is 48.7 Å². The minimum absolute atomic E-state index is 0.251. The van der Waals surface area contributed by atoms with Crippen molar-refractivity contribution in [3.63, 3.8) is 0 Å². The van der Waals surface area contributed by atoms with Gasteiger partial charge in [0.05, 0.1) is 26.7 Å². The number of thiazole rings is 1. The number of benzene rings is 1. The average molecular weight is 465 g/mol. The molecule has 0 bridgehead atoms. The van der Waals surface area contributed by atoms with E-state index in [-0.39, 0.29) is 5.91 Å². The molecule has 0 saturated heterocycles. The number of halogens is 3. The molecule has 3 rings (SSSR count). The largest absolute Gasteiger partial charge is 0.494 e. The summed E-state index contributed by atoms with van der Waals surface area (Å²) in [5.74, 6) is 0.354. The van der Waals surface area contributed by atoms with Gasteiger partial charge in [0.15, 0.2) is 5.13 Å². The van der Waals surface area contributed by atoms with Gasteiger partial charge in [-0.25, -0.2) is 4.98 Å². The van der Waals surface area contributed by atoms with Crippen LogP contribution in [0.3, 0.4) is 0 Å². The van der Waals surface area contributed by atoms with Crippen LogP contribution in [0.15, 0.2) is 18.2 Å². The maximum Gasteiger partial charge on any atom is 0.262 e. The highest BCUT2D eigenvalue weighted by Gasteiger charge is 2.26. The molecule has 0 N–H and O–H groups in total. The minimum Gasteiger partial charge on any atom is -0.494 e. The van der Waals surface area contributed by atoms with Crippen LogP contribution < -0.4 is 9.64 Å². The Morgan fingerprint density at radius 3 is 2.52 bits per heavy atom. The molecular formula is C17H16Cl3N3O2S2. The van der Waals surface area contributed by atoms with E-state index in [4.69, 9.17) is 39.5 Å². The van der Waals surface area contributed by atoms with Crippen LogP contribution in [-0.4, -0.2) is 50.1 Å². The van der Waals surface area contributed by atoms with Crippen LogP contribution >= 0.6 is 57.5 Å². The fourth-order valence-corrected chi connectivity index (χ4v) is 5.17. The highest BCUT2D eigenvalue weighted by atomic mass is 35.5. The Bertz CT molecular complexity index is 987. The molecule has 0 saturated carbocycles. The van der Waals surface area contributed by atoms with Crippen LogP contribution in [0.1, 0.15) is 10.4 Å². The molecule has 144 valence electrons. The second-order valence-corrected chi connectivity index (χ2v) is 9.59. The van der Waals surface area contributed by atoms with Crippen molar-refractivity contribution >= 4 is 78.7 Å². The third kappa shape index (κ3) is 4.34. The number of anilines is 1. The van der Waals surface area contributed by atoms with Crippen molar-refractivity contribution in [3.8, 4) is 5.75 Å². The zero-order chi connectivity index (χ0) is 19.7. The predicted molar refractivity (Wildman–Crippen MR) is 116 cm³/mol. The van der Waals surface area contributed by atoms with Gasteiger partial charge in [0, 0.05) is 13.1 Å². The topological polar surface area (TPSA) is 45.7 Å². The zero-order valence-electron chi connectivity index (χ0n) is 14.8. The summed E-state index contributed by atoms with van der Waals surface area (Å²) in [6, 6.07) is 5.10. The first-order valence-electron chi connectivity index (χ1n) is 7.86. The predicted octanol–water partition coefficient (Wildman–Crippen LogP) is 5.54. The van der Waals surface area contributed by atoms with Crippen LogP contribution in [0.4, 0.5) is 5.13 Å². The molecule has 1 aromatic carbocycles. The summed E-state index contributed by atoms with van der Waals surface area (Å²) in [5, 5.41) is 1.09. The van der Waals surface area contributed by atoms with E-state index in [1.165, 1.54) is 11.3 Å². The Morgan fingerprint density at radius 2 is 1.93 bits per heavy atom. The summed E-state index contributed by atoms with van der Waals surface area (Å²) in [6.07, 6.45) is 0. The molecule has 0 radical (unpaired) electrons. The summed E-state index contributed by atoms with van der Waals surface area (Å²) in [6.45, 7) is 1.09. The number of methoxy groups -OCH3 is 1. The number of carbonyl (C=O) groups is 1. The van der Waals surface area contributed by atoms with Crippen molar-refractivity contribution in [1.82, 2.24) is 9.88 Å². The number of hydrogen-bond donors (Lipinski definition) is 0. The number of likely N-dealkylation sites (N-methyl/N-ethyl adjacent to an activating group) is 1. The first-order chi connectivity index (χ1) is 12.8. The Kier molecular flexibility index (Phi) is 6.50. The molecule has 0 unspecified atom stereocenters. The van der Waals surface area contributed by atoms with Crippen LogP contribution in [0, 0.1) is 0 Å². The van der Waals surface area contributed by atoms with Crippen LogP contribution in [-0.2, 0) is 0 Å². The maximum absolute atomic E-state index is 13.2. The number of carbonyl (C=O) groups excluding carboxylic acids is 1. The van der Waals surface area contributed by atoms with Gasteiger partial charge in [0.25, 0.3) is 5.91 Å². The highest BCUT2D eigenvalue weighted by Crippen LogP contribution is 2.40. The number of hydrogen-bond acceptors (Lipinski definition) is 6. The van der Waals surface area contributed by atoms with Gasteiger partial charge in [-0.05, 0) is 32.3 Å². The van der Waals surface area contributed by atoms with E-state index in [1.54, 1.807) is 30.2 Å². The van der Waals surface area contributed by atoms with Crippen molar-refractivity contribution in [2.75, 3.05) is 39.2 Å². The Balaban J connectivity index is 2.08. The number of fused-ring (bicyclic) bond motifs is 1. The summed E-state index contributed by atoms with van der Waals surface area (Å²) in [7, 11) is 5.45. The fraction of sp³-hybridized carbons (Fsp3) is 0.294. The average Bonchev–Trinajstić information content (AvgIpc) is 3.19. The number of rotatable bonds is 6. The number of aromatic nitrogens is 1. The summed E-state index contributed by atoms with van der Waals surface area (Å²) < 4.78 is 6.97. The van der Waals surface area contributed by atoms with Gasteiger partial charge in [0.1, 0.15) is 15.6 Å². The molecule has 0 spiro atoms. The van der Waals surface area contributed by atoms with E-state index in [0.717, 1.165) is 16.0 Å². The molecule has 2 heterocycles. The maximum atomic E-state index is 13.2. The lowest BCUT2D eigenvalue weighted by atomic mass is 10.3. The normalized spacial score (nSPS) is 11.4. The molecule has 1 amide bonds. The Labute approximate surface area is 180 Å². The molecule has 0 fully saturated rings. The summed E-state index contributed by atoms with van der Waals surface area (Å²) in [4.78, 5) is 21.4. The quantitative estimate of drug-likeness (QED) is 0.481. The van der Waals surface area contributed by atoms with Gasteiger partial charge in [-0.2, -0.15) is 0 Å². The molecular weight excluding hydrogens is 449 g/mol. The number of thiophene rings is 1. The summed E-state index contributed by atoms with van der Waals surface area (Å²) in [5.41, 5.74) is 0.991. The van der Waals surface area contributed by atoms with Crippen LogP contribution in [0.25, 0.3) is 10.2 Å². The Morgan fingerprint density at radius 1 is 1.19 bits per heavy atom. The van der Waals surface area contributed by atoms with Gasteiger partial charge in [0.2, 0.25) is 0 Å². The second kappa shape index (κ2) is 8.51. The minimum atomic E-state index is -0.251.